The Morgan fingerprint density at radius 3 is 2.56 bits per heavy atom. The summed E-state index contributed by atoms with van der Waals surface area (Å²) in [4.78, 5) is 25.2. The molecule has 32 heavy (non-hydrogen) atoms. The predicted octanol–water partition coefficient (Wildman–Crippen LogP) is 4.67. The van der Waals surface area contributed by atoms with Crippen molar-refractivity contribution in [2.24, 2.45) is 23.7 Å². The maximum absolute atomic E-state index is 13.2. The van der Waals surface area contributed by atoms with Crippen molar-refractivity contribution in [2.45, 2.75) is 70.4 Å². The van der Waals surface area contributed by atoms with Gasteiger partial charge in [0.25, 0.3) is 0 Å². The second kappa shape index (κ2) is 8.46. The summed E-state index contributed by atoms with van der Waals surface area (Å²) in [6.07, 6.45) is 1.26. The zero-order chi connectivity index (χ0) is 23.4. The first-order chi connectivity index (χ1) is 15.0. The molecule has 7 atom stereocenters. The van der Waals surface area contributed by atoms with E-state index in [9.17, 15) is 14.7 Å². The van der Waals surface area contributed by atoms with Crippen LogP contribution in [-0.4, -0.2) is 47.1 Å². The Morgan fingerprint density at radius 2 is 1.94 bits per heavy atom. The Balaban J connectivity index is 1.73. The van der Waals surface area contributed by atoms with E-state index in [0.29, 0.717) is 22.9 Å². The van der Waals surface area contributed by atoms with Crippen LogP contribution in [0, 0.1) is 23.7 Å². The molecular formula is C24H30Cl2O6. The van der Waals surface area contributed by atoms with Crippen LogP contribution in [0.5, 0.6) is 0 Å². The van der Waals surface area contributed by atoms with Gasteiger partial charge in [0.2, 0.25) is 0 Å². The molecule has 0 spiro atoms. The summed E-state index contributed by atoms with van der Waals surface area (Å²) < 4.78 is 18.7. The molecule has 2 aliphatic heterocycles. The van der Waals surface area contributed by atoms with E-state index in [1.807, 2.05) is 20.8 Å². The number of fused-ring (bicyclic) bond motifs is 4. The lowest BCUT2D eigenvalue weighted by Crippen LogP contribution is -2.62. The van der Waals surface area contributed by atoms with Crippen LogP contribution < -0.4 is 0 Å². The number of halogens is 2. The Labute approximate surface area is 198 Å². The Morgan fingerprint density at radius 1 is 1.22 bits per heavy atom. The Bertz CT molecular complexity index is 920. The van der Waals surface area contributed by atoms with Crippen molar-refractivity contribution >= 4 is 35.1 Å². The molecule has 1 saturated carbocycles. The highest BCUT2D eigenvalue weighted by atomic mass is 35.5. The number of esters is 2. The number of aliphatic hydroxyl groups excluding tert-OH is 1. The molecule has 2 saturated heterocycles. The summed E-state index contributed by atoms with van der Waals surface area (Å²) >= 11 is 12.1. The van der Waals surface area contributed by atoms with Gasteiger partial charge in [0, 0.05) is 12.3 Å². The van der Waals surface area contributed by atoms with Crippen LogP contribution in [-0.2, 0) is 19.0 Å². The van der Waals surface area contributed by atoms with Crippen LogP contribution in [0.1, 0.15) is 57.3 Å². The van der Waals surface area contributed by atoms with Crippen molar-refractivity contribution in [3.63, 3.8) is 0 Å². The van der Waals surface area contributed by atoms with Crippen LogP contribution in [0.4, 0.5) is 0 Å². The number of carbonyl (C=O) groups excluding carboxylic acids is 2. The largest absolute Gasteiger partial charge is 0.457 e. The second-order valence-corrected chi connectivity index (χ2v) is 10.7. The number of hydrogen-bond donors (Lipinski definition) is 1. The summed E-state index contributed by atoms with van der Waals surface area (Å²) in [5, 5.41) is 9.91. The molecule has 4 rings (SSSR count). The molecule has 2 heterocycles. The van der Waals surface area contributed by atoms with Crippen LogP contribution in [0.3, 0.4) is 0 Å². The lowest BCUT2D eigenvalue weighted by molar-refractivity contribution is -0.259. The third-order valence-electron chi connectivity index (χ3n) is 7.95. The van der Waals surface area contributed by atoms with Crippen molar-refractivity contribution in [2.75, 3.05) is 6.61 Å². The quantitative estimate of drug-likeness (QED) is 0.611. The van der Waals surface area contributed by atoms with Crippen molar-refractivity contribution in [1.82, 2.24) is 0 Å². The minimum atomic E-state index is -0.805. The predicted molar refractivity (Wildman–Crippen MR) is 120 cm³/mol. The van der Waals surface area contributed by atoms with Gasteiger partial charge in [-0.15, -0.1) is 0 Å². The van der Waals surface area contributed by atoms with Crippen molar-refractivity contribution in [3.05, 3.63) is 33.8 Å². The maximum atomic E-state index is 13.2. The molecule has 8 heteroatoms. The van der Waals surface area contributed by atoms with Gasteiger partial charge in [-0.3, -0.25) is 0 Å². The van der Waals surface area contributed by atoms with Crippen LogP contribution in [0.2, 0.25) is 10.0 Å². The fraction of sp³-hybridized carbons (Fsp3) is 0.667. The number of benzene rings is 1. The first-order valence-electron chi connectivity index (χ1n) is 11.2. The molecule has 3 fully saturated rings. The van der Waals surface area contributed by atoms with Gasteiger partial charge in [0.05, 0.1) is 15.6 Å². The van der Waals surface area contributed by atoms with Gasteiger partial charge < -0.3 is 19.3 Å². The minimum absolute atomic E-state index is 0.00000864. The Hall–Kier alpha value is -1.34. The van der Waals surface area contributed by atoms with Gasteiger partial charge in [0.1, 0.15) is 30.0 Å². The normalized spacial score (nSPS) is 37.9. The van der Waals surface area contributed by atoms with E-state index in [2.05, 4.69) is 6.92 Å². The van der Waals surface area contributed by atoms with E-state index in [1.165, 1.54) is 6.07 Å². The number of aliphatic hydroxyl groups is 1. The molecule has 1 aromatic carbocycles. The van der Waals surface area contributed by atoms with E-state index in [-0.39, 0.29) is 22.8 Å². The Kier molecular flexibility index (Phi) is 6.29. The third-order valence-corrected chi connectivity index (χ3v) is 8.68. The highest BCUT2D eigenvalue weighted by Gasteiger charge is 2.72. The van der Waals surface area contributed by atoms with Gasteiger partial charge in [-0.2, -0.15) is 0 Å². The number of rotatable bonds is 5. The highest BCUT2D eigenvalue weighted by molar-refractivity contribution is 6.42. The van der Waals surface area contributed by atoms with E-state index in [1.54, 1.807) is 12.1 Å². The average molecular weight is 485 g/mol. The monoisotopic (exact) mass is 484 g/mol. The molecule has 0 aromatic heterocycles. The zero-order valence-electron chi connectivity index (χ0n) is 18.8. The molecule has 1 aromatic rings. The van der Waals surface area contributed by atoms with Gasteiger partial charge in [-0.25, -0.2) is 9.59 Å². The van der Waals surface area contributed by atoms with Crippen molar-refractivity contribution in [1.29, 1.82) is 0 Å². The van der Waals surface area contributed by atoms with E-state index in [4.69, 9.17) is 37.4 Å². The molecule has 5 unspecified atom stereocenters. The zero-order valence-corrected chi connectivity index (χ0v) is 20.3. The maximum Gasteiger partial charge on any atom is 0.338 e. The summed E-state index contributed by atoms with van der Waals surface area (Å²) in [6, 6.07) is 4.69. The van der Waals surface area contributed by atoms with Crippen LogP contribution in [0.25, 0.3) is 0 Å². The molecule has 1 aliphatic carbocycles. The fourth-order valence-electron chi connectivity index (χ4n) is 6.25. The summed E-state index contributed by atoms with van der Waals surface area (Å²) in [7, 11) is 0. The van der Waals surface area contributed by atoms with Crippen molar-refractivity contribution in [3.8, 4) is 0 Å². The van der Waals surface area contributed by atoms with Gasteiger partial charge in [-0.05, 0) is 55.7 Å². The standard InChI is InChI=1S/C24H30Cl2O6/c1-12(2)24-10-18(30-19(28)11-27)23(4,32-24)15-7-5-13(3)20(15)21(24)31-22(29)14-6-8-16(25)17(26)9-14/h6,8-9,12-13,15,18,20-21,27H,5,7,10-11H2,1-4H3/t13?,15?,18?,20-,21+,23?,24?/m1/s1. The summed E-state index contributed by atoms with van der Waals surface area (Å²) in [5.74, 6) is -0.691. The lowest BCUT2D eigenvalue weighted by Gasteiger charge is -2.53. The summed E-state index contributed by atoms with van der Waals surface area (Å²) in [6.45, 7) is 7.58. The lowest BCUT2D eigenvalue weighted by atomic mass is 9.69. The minimum Gasteiger partial charge on any atom is -0.457 e. The van der Waals surface area contributed by atoms with Crippen LogP contribution in [0.15, 0.2) is 18.2 Å². The van der Waals surface area contributed by atoms with Crippen LogP contribution >= 0.6 is 23.2 Å². The SMILES string of the molecule is CC1CCC2[C@@H]1[C@H](OC(=O)c1ccc(Cl)c(Cl)c1)C1(C(C)C)CC(OC(=O)CO)C2(C)O1. The molecular weight excluding hydrogens is 455 g/mol. The second-order valence-electron chi connectivity index (χ2n) is 9.93. The number of hydrogen-bond acceptors (Lipinski definition) is 6. The van der Waals surface area contributed by atoms with Gasteiger partial charge in [-0.1, -0.05) is 44.0 Å². The van der Waals surface area contributed by atoms with E-state index < -0.39 is 42.0 Å². The van der Waals surface area contributed by atoms with Gasteiger partial charge in [0.15, 0.2) is 0 Å². The number of carbonyl (C=O) groups is 2. The first kappa shape index (κ1) is 23.8. The molecule has 0 amide bonds. The topological polar surface area (TPSA) is 82.1 Å². The molecule has 1 N–H and O–H groups in total. The smallest absolute Gasteiger partial charge is 0.338 e. The first-order valence-corrected chi connectivity index (χ1v) is 12.0. The average Bonchev–Trinajstić information content (AvgIpc) is 3.25. The van der Waals surface area contributed by atoms with E-state index >= 15 is 0 Å². The number of ether oxygens (including phenoxy) is 3. The highest BCUT2D eigenvalue weighted by Crippen LogP contribution is 2.63. The molecule has 6 nitrogen and oxygen atoms in total. The molecule has 3 aliphatic rings. The fourth-order valence-corrected chi connectivity index (χ4v) is 6.55. The van der Waals surface area contributed by atoms with Crippen molar-refractivity contribution < 1.29 is 28.9 Å². The molecule has 0 radical (unpaired) electrons. The van der Waals surface area contributed by atoms with Gasteiger partial charge >= 0.3 is 11.9 Å². The molecule has 2 bridgehead atoms. The summed E-state index contributed by atoms with van der Waals surface area (Å²) in [5.41, 5.74) is -1.17. The molecule has 176 valence electrons. The third kappa shape index (κ3) is 3.64. The van der Waals surface area contributed by atoms with E-state index in [0.717, 1.165) is 12.8 Å².